The summed E-state index contributed by atoms with van der Waals surface area (Å²) in [5.74, 6) is -0.0821. The summed E-state index contributed by atoms with van der Waals surface area (Å²) in [5.41, 5.74) is 2.53. The number of benzene rings is 1. The van der Waals surface area contributed by atoms with Gasteiger partial charge in [-0.2, -0.15) is 0 Å². The molecule has 1 aromatic rings. The van der Waals surface area contributed by atoms with Crippen LogP contribution in [0.2, 0.25) is 0 Å². The molecule has 0 spiro atoms. The van der Waals surface area contributed by atoms with Crippen LogP contribution in [0, 0.1) is 5.92 Å². The fourth-order valence-corrected chi connectivity index (χ4v) is 2.91. The van der Waals surface area contributed by atoms with Gasteiger partial charge in [0.1, 0.15) is 0 Å². The van der Waals surface area contributed by atoms with Crippen molar-refractivity contribution in [2.45, 2.75) is 32.1 Å². The number of fused-ring (bicyclic) bond motifs is 1. The second-order valence-electron chi connectivity index (χ2n) is 4.56. The standard InChI is InChI=1S/C13H15BrO2/c1-8-2-3-9-4-5-10(14)6-12(9)11(8)7-13(15)16/h4-6,8,11H,2-3,7H2,1H3,(H,15,16). The van der Waals surface area contributed by atoms with Crippen LogP contribution in [0.15, 0.2) is 22.7 Å². The molecule has 0 fully saturated rings. The molecule has 86 valence electrons. The molecular weight excluding hydrogens is 268 g/mol. The van der Waals surface area contributed by atoms with Crippen molar-refractivity contribution in [3.8, 4) is 0 Å². The summed E-state index contributed by atoms with van der Waals surface area (Å²) < 4.78 is 1.04. The van der Waals surface area contributed by atoms with Crippen molar-refractivity contribution >= 4 is 21.9 Å². The van der Waals surface area contributed by atoms with Crippen LogP contribution in [0.5, 0.6) is 0 Å². The van der Waals surface area contributed by atoms with Gasteiger partial charge in [-0.05, 0) is 47.9 Å². The lowest BCUT2D eigenvalue weighted by molar-refractivity contribution is -0.137. The van der Waals surface area contributed by atoms with Crippen molar-refractivity contribution in [3.63, 3.8) is 0 Å². The second kappa shape index (κ2) is 4.58. The zero-order chi connectivity index (χ0) is 11.7. The Morgan fingerprint density at radius 2 is 2.31 bits per heavy atom. The average Bonchev–Trinajstić information content (AvgIpc) is 2.22. The summed E-state index contributed by atoms with van der Waals surface area (Å²) in [6.45, 7) is 2.15. The van der Waals surface area contributed by atoms with Gasteiger partial charge < -0.3 is 5.11 Å². The Morgan fingerprint density at radius 3 is 3.00 bits per heavy atom. The highest BCUT2D eigenvalue weighted by Gasteiger charge is 2.28. The van der Waals surface area contributed by atoms with Crippen molar-refractivity contribution in [2.24, 2.45) is 5.92 Å². The van der Waals surface area contributed by atoms with E-state index in [4.69, 9.17) is 5.11 Å². The van der Waals surface area contributed by atoms with Gasteiger partial charge in [0.05, 0.1) is 6.42 Å². The summed E-state index contributed by atoms with van der Waals surface area (Å²) in [6, 6.07) is 6.23. The monoisotopic (exact) mass is 282 g/mol. The maximum Gasteiger partial charge on any atom is 0.303 e. The van der Waals surface area contributed by atoms with Gasteiger partial charge in [0.2, 0.25) is 0 Å². The first-order valence-electron chi connectivity index (χ1n) is 5.58. The summed E-state index contributed by atoms with van der Waals surface area (Å²) >= 11 is 3.46. The van der Waals surface area contributed by atoms with E-state index < -0.39 is 5.97 Å². The average molecular weight is 283 g/mol. The van der Waals surface area contributed by atoms with Crippen LogP contribution in [0.4, 0.5) is 0 Å². The van der Waals surface area contributed by atoms with Crippen LogP contribution in [0.3, 0.4) is 0 Å². The van der Waals surface area contributed by atoms with Gasteiger partial charge in [0.15, 0.2) is 0 Å². The Hall–Kier alpha value is -0.830. The van der Waals surface area contributed by atoms with E-state index in [0.29, 0.717) is 5.92 Å². The Kier molecular flexibility index (Phi) is 3.33. The minimum Gasteiger partial charge on any atom is -0.481 e. The first-order chi connectivity index (χ1) is 7.58. The van der Waals surface area contributed by atoms with Crippen molar-refractivity contribution in [2.75, 3.05) is 0 Å². The van der Waals surface area contributed by atoms with Gasteiger partial charge in [-0.25, -0.2) is 0 Å². The number of carboxylic acid groups (broad SMARTS) is 1. The molecule has 1 aliphatic rings. The van der Waals surface area contributed by atoms with Crippen LogP contribution in [-0.4, -0.2) is 11.1 Å². The highest BCUT2D eigenvalue weighted by atomic mass is 79.9. The third-order valence-electron chi connectivity index (χ3n) is 3.46. The molecular formula is C13H15BrO2. The third-order valence-corrected chi connectivity index (χ3v) is 3.95. The largest absolute Gasteiger partial charge is 0.481 e. The lowest BCUT2D eigenvalue weighted by atomic mass is 9.74. The van der Waals surface area contributed by atoms with E-state index in [0.717, 1.165) is 17.3 Å². The molecule has 16 heavy (non-hydrogen) atoms. The number of aliphatic carboxylic acids is 1. The topological polar surface area (TPSA) is 37.3 Å². The number of halogens is 1. The molecule has 1 aliphatic carbocycles. The van der Waals surface area contributed by atoms with Gasteiger partial charge >= 0.3 is 5.97 Å². The predicted octanol–water partition coefficient (Wildman–Crippen LogP) is 3.59. The molecule has 0 amide bonds. The number of aryl methyl sites for hydroxylation is 1. The van der Waals surface area contributed by atoms with Gasteiger partial charge in [0.25, 0.3) is 0 Å². The molecule has 0 aromatic heterocycles. The zero-order valence-electron chi connectivity index (χ0n) is 9.24. The van der Waals surface area contributed by atoms with Crippen molar-refractivity contribution in [1.29, 1.82) is 0 Å². The Labute approximate surface area is 104 Å². The fourth-order valence-electron chi connectivity index (χ4n) is 2.53. The Morgan fingerprint density at radius 1 is 1.56 bits per heavy atom. The quantitative estimate of drug-likeness (QED) is 0.900. The smallest absolute Gasteiger partial charge is 0.303 e. The van der Waals surface area contributed by atoms with E-state index in [1.807, 2.05) is 6.07 Å². The molecule has 2 nitrogen and oxygen atoms in total. The van der Waals surface area contributed by atoms with Gasteiger partial charge in [0, 0.05) is 4.47 Å². The van der Waals surface area contributed by atoms with Crippen LogP contribution in [0.25, 0.3) is 0 Å². The first kappa shape index (κ1) is 11.6. The normalized spacial score (nSPS) is 23.9. The second-order valence-corrected chi connectivity index (χ2v) is 5.48. The van der Waals surface area contributed by atoms with Crippen LogP contribution >= 0.6 is 15.9 Å². The molecule has 0 saturated heterocycles. The van der Waals surface area contributed by atoms with Crippen molar-refractivity contribution < 1.29 is 9.90 Å². The van der Waals surface area contributed by atoms with Crippen LogP contribution in [-0.2, 0) is 11.2 Å². The van der Waals surface area contributed by atoms with E-state index in [2.05, 4.69) is 35.0 Å². The SMILES string of the molecule is CC1CCc2ccc(Br)cc2C1CC(=O)O. The number of carboxylic acids is 1. The van der Waals surface area contributed by atoms with E-state index >= 15 is 0 Å². The molecule has 3 heteroatoms. The van der Waals surface area contributed by atoms with E-state index in [-0.39, 0.29) is 12.3 Å². The Bertz CT molecular complexity index is 414. The van der Waals surface area contributed by atoms with Gasteiger partial charge in [-0.1, -0.05) is 28.9 Å². The molecule has 1 N–H and O–H groups in total. The summed E-state index contributed by atoms with van der Waals surface area (Å²) in [6.07, 6.45) is 2.40. The molecule has 2 atom stereocenters. The van der Waals surface area contributed by atoms with Crippen molar-refractivity contribution in [1.82, 2.24) is 0 Å². The maximum absolute atomic E-state index is 10.9. The Balaban J connectivity index is 2.38. The minimum atomic E-state index is -0.704. The number of hydrogen-bond donors (Lipinski definition) is 1. The highest BCUT2D eigenvalue weighted by Crippen LogP contribution is 2.39. The molecule has 0 bridgehead atoms. The number of hydrogen-bond acceptors (Lipinski definition) is 1. The number of carbonyl (C=O) groups is 1. The van der Waals surface area contributed by atoms with Gasteiger partial charge in [-0.15, -0.1) is 0 Å². The number of rotatable bonds is 2. The van der Waals surface area contributed by atoms with E-state index in [1.54, 1.807) is 0 Å². The molecule has 0 aliphatic heterocycles. The van der Waals surface area contributed by atoms with E-state index in [9.17, 15) is 4.79 Å². The predicted molar refractivity (Wildman–Crippen MR) is 66.6 cm³/mol. The summed E-state index contributed by atoms with van der Waals surface area (Å²) in [7, 11) is 0. The molecule has 0 radical (unpaired) electrons. The zero-order valence-corrected chi connectivity index (χ0v) is 10.8. The lowest BCUT2D eigenvalue weighted by Crippen LogP contribution is -2.21. The fraction of sp³-hybridized carbons (Fsp3) is 0.462. The molecule has 2 unspecified atom stereocenters. The molecule has 0 heterocycles. The maximum atomic E-state index is 10.9. The third kappa shape index (κ3) is 2.29. The molecule has 0 saturated carbocycles. The summed E-state index contributed by atoms with van der Waals surface area (Å²) in [5, 5.41) is 8.97. The van der Waals surface area contributed by atoms with Crippen molar-refractivity contribution in [3.05, 3.63) is 33.8 Å². The van der Waals surface area contributed by atoms with Gasteiger partial charge in [-0.3, -0.25) is 4.79 Å². The first-order valence-corrected chi connectivity index (χ1v) is 6.37. The van der Waals surface area contributed by atoms with E-state index in [1.165, 1.54) is 11.1 Å². The summed E-state index contributed by atoms with van der Waals surface area (Å²) in [4.78, 5) is 10.9. The van der Waals surface area contributed by atoms with Crippen LogP contribution in [0.1, 0.15) is 36.8 Å². The molecule has 2 rings (SSSR count). The van der Waals surface area contributed by atoms with Crippen LogP contribution < -0.4 is 0 Å². The highest BCUT2D eigenvalue weighted by molar-refractivity contribution is 9.10. The minimum absolute atomic E-state index is 0.166. The molecule has 1 aromatic carbocycles. The lowest BCUT2D eigenvalue weighted by Gasteiger charge is -2.30.